The topological polar surface area (TPSA) is 50.2 Å². The van der Waals surface area contributed by atoms with Crippen molar-refractivity contribution >= 4 is 21.8 Å². The maximum absolute atomic E-state index is 9.70. The molecule has 0 aliphatic heterocycles. The highest BCUT2D eigenvalue weighted by molar-refractivity contribution is 6.01. The van der Waals surface area contributed by atoms with Gasteiger partial charge >= 0.3 is 0 Å². The molecule has 0 aliphatic rings. The van der Waals surface area contributed by atoms with Crippen molar-refractivity contribution in [3.8, 4) is 17.0 Å². The number of aromatic nitrogens is 2. The van der Waals surface area contributed by atoms with Crippen molar-refractivity contribution in [1.82, 2.24) is 9.55 Å². The molecule has 0 bridgehead atoms. The summed E-state index contributed by atoms with van der Waals surface area (Å²) in [5.74, 6) is 0.874. The predicted molar refractivity (Wildman–Crippen MR) is 102 cm³/mol. The second kappa shape index (κ2) is 5.97. The summed E-state index contributed by atoms with van der Waals surface area (Å²) in [6.07, 6.45) is 1.97. The quantitative estimate of drug-likeness (QED) is 0.581. The highest BCUT2D eigenvalue weighted by Gasteiger charge is 2.21. The van der Waals surface area contributed by atoms with Crippen LogP contribution in [-0.2, 0) is 6.54 Å². The minimum absolute atomic E-state index is 0.0774. The minimum Gasteiger partial charge on any atom is -0.494 e. The summed E-state index contributed by atoms with van der Waals surface area (Å²) >= 11 is 0. The van der Waals surface area contributed by atoms with Crippen LogP contribution in [0.5, 0.6) is 5.75 Å². The summed E-state index contributed by atoms with van der Waals surface area (Å²) in [6, 6.07) is 12.6. The van der Waals surface area contributed by atoms with Gasteiger partial charge in [0.15, 0.2) is 0 Å². The minimum atomic E-state index is 0.0774. The Bertz CT molecular complexity index is 1070. The van der Waals surface area contributed by atoms with Gasteiger partial charge in [0.25, 0.3) is 0 Å². The monoisotopic (exact) mass is 334 g/mol. The van der Waals surface area contributed by atoms with E-state index in [9.17, 15) is 5.11 Å². The van der Waals surface area contributed by atoms with Crippen molar-refractivity contribution < 1.29 is 9.84 Å². The zero-order valence-electron chi connectivity index (χ0n) is 14.8. The molecule has 128 valence electrons. The zero-order valence-corrected chi connectivity index (χ0v) is 14.8. The summed E-state index contributed by atoms with van der Waals surface area (Å²) < 4.78 is 7.90. The Morgan fingerprint density at radius 1 is 1.12 bits per heavy atom. The summed E-state index contributed by atoms with van der Waals surface area (Å²) in [5, 5.41) is 12.0. The maximum Gasteiger partial charge on any atom is 0.146 e. The first-order chi connectivity index (χ1) is 12.2. The Labute approximate surface area is 146 Å². The molecule has 2 N–H and O–H groups in total. The van der Waals surface area contributed by atoms with Crippen LogP contribution in [0.2, 0.25) is 0 Å². The first kappa shape index (κ1) is 15.8. The summed E-state index contributed by atoms with van der Waals surface area (Å²) in [6.45, 7) is 4.79. The number of nitrogens with one attached hydrogen (secondary N) is 1. The molecule has 2 aromatic heterocycles. The molecular formula is C21H22N2O2. The van der Waals surface area contributed by atoms with Crippen molar-refractivity contribution in [2.45, 2.75) is 20.4 Å². The van der Waals surface area contributed by atoms with Crippen LogP contribution in [-0.4, -0.2) is 28.4 Å². The van der Waals surface area contributed by atoms with Gasteiger partial charge in [-0.15, -0.1) is 0 Å². The predicted octanol–water partition coefficient (Wildman–Crippen LogP) is 4.41. The Morgan fingerprint density at radius 3 is 2.72 bits per heavy atom. The lowest BCUT2D eigenvalue weighted by atomic mass is 10.0. The van der Waals surface area contributed by atoms with Crippen LogP contribution < -0.4 is 4.74 Å². The number of rotatable bonds is 4. The Morgan fingerprint density at radius 2 is 1.96 bits per heavy atom. The van der Waals surface area contributed by atoms with Gasteiger partial charge in [-0.1, -0.05) is 30.3 Å². The summed E-state index contributed by atoms with van der Waals surface area (Å²) in [4.78, 5) is 3.36. The van der Waals surface area contributed by atoms with Crippen molar-refractivity contribution in [3.05, 3.63) is 53.7 Å². The molecule has 0 atom stereocenters. The SMILES string of the molecule is COc1c(C)ccc2c(C)c(-c3cccc4cc[nH]c34)n(CCO)c12. The van der Waals surface area contributed by atoms with Crippen LogP contribution >= 0.6 is 0 Å². The number of benzene rings is 2. The number of nitrogens with zero attached hydrogens (tertiary/aromatic N) is 1. The molecule has 0 radical (unpaired) electrons. The Hall–Kier alpha value is -2.72. The van der Waals surface area contributed by atoms with Crippen LogP contribution in [0.1, 0.15) is 11.1 Å². The number of aryl methyl sites for hydroxylation is 2. The van der Waals surface area contributed by atoms with E-state index in [2.05, 4.69) is 59.8 Å². The third-order valence-electron chi connectivity index (χ3n) is 5.00. The zero-order chi connectivity index (χ0) is 17.6. The molecule has 4 rings (SSSR count). The molecule has 2 heterocycles. The van der Waals surface area contributed by atoms with E-state index >= 15 is 0 Å². The molecule has 0 amide bonds. The third-order valence-corrected chi connectivity index (χ3v) is 5.00. The number of H-pyrrole nitrogens is 1. The van der Waals surface area contributed by atoms with Crippen molar-refractivity contribution in [2.24, 2.45) is 0 Å². The largest absolute Gasteiger partial charge is 0.494 e. The molecule has 0 spiro atoms. The van der Waals surface area contributed by atoms with Gasteiger partial charge < -0.3 is 19.4 Å². The van der Waals surface area contributed by atoms with Crippen molar-refractivity contribution in [3.63, 3.8) is 0 Å². The van der Waals surface area contributed by atoms with Crippen LogP contribution in [0, 0.1) is 13.8 Å². The average Bonchev–Trinajstić information content (AvgIpc) is 3.19. The highest BCUT2D eigenvalue weighted by atomic mass is 16.5. The summed E-state index contributed by atoms with van der Waals surface area (Å²) in [7, 11) is 1.71. The Kier molecular flexibility index (Phi) is 3.77. The normalized spacial score (nSPS) is 11.5. The van der Waals surface area contributed by atoms with E-state index in [1.165, 1.54) is 10.9 Å². The fraction of sp³-hybridized carbons (Fsp3) is 0.238. The maximum atomic E-state index is 9.70. The second-order valence-electron chi connectivity index (χ2n) is 6.41. The van der Waals surface area contributed by atoms with E-state index in [0.717, 1.165) is 39.0 Å². The Balaban J connectivity index is 2.15. The molecule has 0 saturated heterocycles. The van der Waals surface area contributed by atoms with E-state index in [0.29, 0.717) is 6.54 Å². The number of hydrogen-bond acceptors (Lipinski definition) is 2. The second-order valence-corrected chi connectivity index (χ2v) is 6.41. The van der Waals surface area contributed by atoms with Gasteiger partial charge in [-0.25, -0.2) is 0 Å². The lowest BCUT2D eigenvalue weighted by Gasteiger charge is -2.14. The third kappa shape index (κ3) is 2.25. The fourth-order valence-electron chi connectivity index (χ4n) is 3.90. The molecule has 4 aromatic rings. The van der Waals surface area contributed by atoms with Gasteiger partial charge in [0.1, 0.15) is 5.75 Å². The van der Waals surface area contributed by atoms with Gasteiger partial charge in [-0.3, -0.25) is 0 Å². The molecule has 4 nitrogen and oxygen atoms in total. The van der Waals surface area contributed by atoms with Gasteiger partial charge in [-0.2, -0.15) is 0 Å². The lowest BCUT2D eigenvalue weighted by molar-refractivity contribution is 0.278. The van der Waals surface area contributed by atoms with E-state index in [4.69, 9.17) is 4.74 Å². The van der Waals surface area contributed by atoms with Crippen LogP contribution in [0.25, 0.3) is 33.1 Å². The van der Waals surface area contributed by atoms with E-state index in [-0.39, 0.29) is 6.61 Å². The number of ether oxygens (including phenoxy) is 1. The lowest BCUT2D eigenvalue weighted by Crippen LogP contribution is -2.05. The number of methoxy groups -OCH3 is 1. The standard InChI is InChI=1S/C21H22N2O2/c1-13-7-8-16-14(2)19(23(11-12-24)20(16)21(13)25-3)17-6-4-5-15-9-10-22-18(15)17/h4-10,22,24H,11-12H2,1-3H3. The van der Waals surface area contributed by atoms with Gasteiger partial charge in [-0.05, 0) is 31.0 Å². The molecule has 0 aliphatic carbocycles. The molecule has 4 heteroatoms. The number of aromatic amines is 1. The number of aliphatic hydroxyl groups is 1. The van der Waals surface area contributed by atoms with Crippen LogP contribution in [0.4, 0.5) is 0 Å². The number of para-hydroxylation sites is 1. The van der Waals surface area contributed by atoms with Gasteiger partial charge in [0, 0.05) is 29.1 Å². The molecule has 0 saturated carbocycles. The smallest absolute Gasteiger partial charge is 0.146 e. The van der Waals surface area contributed by atoms with E-state index in [1.807, 2.05) is 6.20 Å². The van der Waals surface area contributed by atoms with Crippen molar-refractivity contribution in [2.75, 3.05) is 13.7 Å². The van der Waals surface area contributed by atoms with Gasteiger partial charge in [0.2, 0.25) is 0 Å². The first-order valence-corrected chi connectivity index (χ1v) is 8.51. The first-order valence-electron chi connectivity index (χ1n) is 8.51. The van der Waals surface area contributed by atoms with E-state index < -0.39 is 0 Å². The number of fused-ring (bicyclic) bond motifs is 2. The number of aliphatic hydroxyl groups excluding tert-OH is 1. The van der Waals surface area contributed by atoms with Crippen LogP contribution in [0.15, 0.2) is 42.6 Å². The average molecular weight is 334 g/mol. The number of hydrogen-bond donors (Lipinski definition) is 2. The van der Waals surface area contributed by atoms with E-state index in [1.54, 1.807) is 7.11 Å². The fourth-order valence-corrected chi connectivity index (χ4v) is 3.90. The van der Waals surface area contributed by atoms with Crippen molar-refractivity contribution in [1.29, 1.82) is 0 Å². The molecule has 0 fully saturated rings. The molecule has 25 heavy (non-hydrogen) atoms. The molecule has 0 unspecified atom stereocenters. The van der Waals surface area contributed by atoms with Crippen LogP contribution in [0.3, 0.4) is 0 Å². The molecule has 2 aromatic carbocycles. The highest BCUT2D eigenvalue weighted by Crippen LogP contribution is 2.40. The van der Waals surface area contributed by atoms with Gasteiger partial charge in [0.05, 0.1) is 30.4 Å². The summed E-state index contributed by atoms with van der Waals surface area (Å²) in [5.41, 5.74) is 6.72. The molecular weight excluding hydrogens is 312 g/mol.